The van der Waals surface area contributed by atoms with Gasteiger partial charge in [0.15, 0.2) is 5.60 Å². The van der Waals surface area contributed by atoms with E-state index in [0.29, 0.717) is 35.3 Å². The predicted molar refractivity (Wildman–Crippen MR) is 117 cm³/mol. The summed E-state index contributed by atoms with van der Waals surface area (Å²) in [6.45, 7) is 5.56. The van der Waals surface area contributed by atoms with Gasteiger partial charge in [-0.25, -0.2) is 4.79 Å². The first-order valence-corrected chi connectivity index (χ1v) is 10.0. The Kier molecular flexibility index (Phi) is 6.15. The van der Waals surface area contributed by atoms with Gasteiger partial charge in [-0.1, -0.05) is 43.3 Å². The molecule has 0 spiro atoms. The second-order valence-electron chi connectivity index (χ2n) is 7.69. The lowest BCUT2D eigenvalue weighted by molar-refractivity contribution is -0.155. The molecule has 0 unspecified atom stereocenters. The Balaban J connectivity index is 2.29. The first-order valence-electron chi connectivity index (χ1n) is 10.0. The molecule has 7 nitrogen and oxygen atoms in total. The molecule has 0 saturated carbocycles. The van der Waals surface area contributed by atoms with Crippen LogP contribution in [0.15, 0.2) is 48.5 Å². The normalized spacial score (nSPS) is 11.4. The molecule has 2 aromatic carbocycles. The molecular weight excluding hydrogens is 396 g/mol. The summed E-state index contributed by atoms with van der Waals surface area (Å²) in [6.07, 6.45) is 0.496. The van der Waals surface area contributed by atoms with Crippen molar-refractivity contribution in [1.82, 2.24) is 4.57 Å². The fourth-order valence-corrected chi connectivity index (χ4v) is 3.75. The number of ketones is 1. The summed E-state index contributed by atoms with van der Waals surface area (Å²) in [7, 11) is 1.28. The number of primary amides is 1. The molecule has 0 bridgehead atoms. The van der Waals surface area contributed by atoms with Crippen LogP contribution < -0.4 is 10.5 Å². The molecule has 0 aliphatic carbocycles. The van der Waals surface area contributed by atoms with Crippen molar-refractivity contribution in [1.29, 1.82) is 0 Å². The lowest BCUT2D eigenvalue weighted by atomic mass is 10.0. The molecule has 7 heteroatoms. The van der Waals surface area contributed by atoms with Gasteiger partial charge < -0.3 is 19.8 Å². The predicted octanol–water partition coefficient (Wildman–Crippen LogP) is 3.25. The number of esters is 1. The standard InChI is InChI=1S/C24H26N2O5/c1-5-16-20(21(27)22(25)28)19-17(26(16)14-15-10-7-6-8-11-15)12-9-13-18(19)31-24(2,3)23(29)30-4/h6-13H,5,14H2,1-4H3,(H2,25,28). The largest absolute Gasteiger partial charge is 0.475 e. The number of hydrogen-bond acceptors (Lipinski definition) is 5. The van der Waals surface area contributed by atoms with Gasteiger partial charge in [-0.15, -0.1) is 0 Å². The smallest absolute Gasteiger partial charge is 0.349 e. The highest BCUT2D eigenvalue weighted by Crippen LogP contribution is 2.37. The Morgan fingerprint density at radius 2 is 1.71 bits per heavy atom. The van der Waals surface area contributed by atoms with Crippen LogP contribution in [-0.2, 0) is 27.3 Å². The second-order valence-corrected chi connectivity index (χ2v) is 7.69. The third-order valence-corrected chi connectivity index (χ3v) is 5.17. The van der Waals surface area contributed by atoms with E-state index in [0.717, 1.165) is 5.56 Å². The highest BCUT2D eigenvalue weighted by molar-refractivity contribution is 6.45. The minimum absolute atomic E-state index is 0.206. The molecule has 162 valence electrons. The Bertz CT molecular complexity index is 1150. The van der Waals surface area contributed by atoms with Crippen LogP contribution in [0.4, 0.5) is 0 Å². The van der Waals surface area contributed by atoms with Crippen LogP contribution in [0.5, 0.6) is 5.75 Å². The van der Waals surface area contributed by atoms with E-state index in [1.807, 2.05) is 47.9 Å². The van der Waals surface area contributed by atoms with E-state index in [4.69, 9.17) is 15.2 Å². The first-order chi connectivity index (χ1) is 14.7. The minimum atomic E-state index is -1.30. The van der Waals surface area contributed by atoms with Crippen LogP contribution in [0.3, 0.4) is 0 Å². The van der Waals surface area contributed by atoms with Crippen molar-refractivity contribution in [2.24, 2.45) is 5.73 Å². The molecular formula is C24H26N2O5. The van der Waals surface area contributed by atoms with Crippen molar-refractivity contribution >= 4 is 28.6 Å². The Morgan fingerprint density at radius 3 is 2.29 bits per heavy atom. The molecule has 0 radical (unpaired) electrons. The van der Waals surface area contributed by atoms with E-state index in [2.05, 4.69) is 0 Å². The Morgan fingerprint density at radius 1 is 1.03 bits per heavy atom. The van der Waals surface area contributed by atoms with Crippen molar-refractivity contribution in [2.75, 3.05) is 7.11 Å². The third-order valence-electron chi connectivity index (χ3n) is 5.17. The van der Waals surface area contributed by atoms with Gasteiger partial charge in [-0.3, -0.25) is 9.59 Å². The first kappa shape index (κ1) is 22.1. The number of benzene rings is 2. The van der Waals surface area contributed by atoms with Gasteiger partial charge in [-0.2, -0.15) is 0 Å². The SMILES string of the molecule is CCc1c(C(=O)C(N)=O)c2c(OC(C)(C)C(=O)OC)cccc2n1Cc1ccccc1. The summed E-state index contributed by atoms with van der Waals surface area (Å²) in [5, 5.41) is 0.455. The number of ether oxygens (including phenoxy) is 2. The molecule has 2 N–H and O–H groups in total. The molecule has 3 rings (SSSR count). The average molecular weight is 422 g/mol. The number of aromatic nitrogens is 1. The zero-order chi connectivity index (χ0) is 22.8. The van der Waals surface area contributed by atoms with Crippen LogP contribution in [0, 0.1) is 0 Å². The van der Waals surface area contributed by atoms with E-state index in [1.54, 1.807) is 26.0 Å². The zero-order valence-corrected chi connectivity index (χ0v) is 18.1. The van der Waals surface area contributed by atoms with Crippen molar-refractivity contribution < 1.29 is 23.9 Å². The minimum Gasteiger partial charge on any atom is -0.475 e. The Labute approximate surface area is 180 Å². The maximum atomic E-state index is 12.9. The number of amides is 1. The summed E-state index contributed by atoms with van der Waals surface area (Å²) in [5.41, 5.74) is 6.71. The Hall–Kier alpha value is -3.61. The van der Waals surface area contributed by atoms with Crippen LogP contribution in [0.2, 0.25) is 0 Å². The maximum Gasteiger partial charge on any atom is 0.349 e. The molecule has 3 aromatic rings. The van der Waals surface area contributed by atoms with E-state index < -0.39 is 23.3 Å². The molecule has 0 atom stereocenters. The number of nitrogens with zero attached hydrogens (tertiary/aromatic N) is 1. The molecule has 0 saturated heterocycles. The molecule has 0 aliphatic heterocycles. The van der Waals surface area contributed by atoms with Crippen LogP contribution in [0.1, 0.15) is 42.4 Å². The zero-order valence-electron chi connectivity index (χ0n) is 18.1. The number of nitrogens with two attached hydrogens (primary N) is 1. The fourth-order valence-electron chi connectivity index (χ4n) is 3.75. The lowest BCUT2D eigenvalue weighted by Crippen LogP contribution is -2.39. The van der Waals surface area contributed by atoms with E-state index in [-0.39, 0.29) is 5.56 Å². The summed E-state index contributed by atoms with van der Waals surface area (Å²) in [6, 6.07) is 15.1. The number of hydrogen-bond donors (Lipinski definition) is 1. The molecule has 0 aliphatic rings. The van der Waals surface area contributed by atoms with Gasteiger partial charge in [0.25, 0.3) is 11.7 Å². The van der Waals surface area contributed by atoms with Gasteiger partial charge in [0.1, 0.15) is 5.75 Å². The molecule has 1 amide bonds. The molecule has 1 heterocycles. The number of carbonyl (C=O) groups is 3. The molecule has 0 fully saturated rings. The van der Waals surface area contributed by atoms with Crippen molar-refractivity contribution in [2.45, 2.75) is 39.3 Å². The van der Waals surface area contributed by atoms with Crippen molar-refractivity contribution in [3.05, 3.63) is 65.4 Å². The van der Waals surface area contributed by atoms with Gasteiger partial charge in [-0.05, 0) is 38.0 Å². The summed E-state index contributed by atoms with van der Waals surface area (Å²) < 4.78 is 12.8. The molecule has 1 aromatic heterocycles. The highest BCUT2D eigenvalue weighted by Gasteiger charge is 2.34. The van der Waals surface area contributed by atoms with Crippen LogP contribution >= 0.6 is 0 Å². The van der Waals surface area contributed by atoms with E-state index in [1.165, 1.54) is 7.11 Å². The number of carbonyl (C=O) groups excluding carboxylic acids is 3. The average Bonchev–Trinajstić information content (AvgIpc) is 3.07. The summed E-state index contributed by atoms with van der Waals surface area (Å²) in [5.74, 6) is -2.10. The number of Topliss-reactive ketones (excluding diaryl/α,β-unsaturated/α-hetero) is 1. The third kappa shape index (κ3) is 4.17. The van der Waals surface area contributed by atoms with Gasteiger partial charge >= 0.3 is 5.97 Å². The number of rotatable bonds is 8. The monoisotopic (exact) mass is 422 g/mol. The van der Waals surface area contributed by atoms with Crippen LogP contribution in [-0.4, -0.2) is 34.9 Å². The van der Waals surface area contributed by atoms with E-state index >= 15 is 0 Å². The van der Waals surface area contributed by atoms with Crippen molar-refractivity contribution in [3.8, 4) is 5.75 Å². The summed E-state index contributed by atoms with van der Waals surface area (Å²) in [4.78, 5) is 36.9. The number of methoxy groups -OCH3 is 1. The second kappa shape index (κ2) is 8.63. The van der Waals surface area contributed by atoms with Gasteiger partial charge in [0.2, 0.25) is 0 Å². The quantitative estimate of drug-likeness (QED) is 0.341. The highest BCUT2D eigenvalue weighted by atomic mass is 16.6. The van der Waals surface area contributed by atoms with Crippen molar-refractivity contribution in [3.63, 3.8) is 0 Å². The fraction of sp³-hybridized carbons (Fsp3) is 0.292. The van der Waals surface area contributed by atoms with E-state index in [9.17, 15) is 14.4 Å². The molecule has 31 heavy (non-hydrogen) atoms. The topological polar surface area (TPSA) is 101 Å². The van der Waals surface area contributed by atoms with Crippen LogP contribution in [0.25, 0.3) is 10.9 Å². The maximum absolute atomic E-state index is 12.9. The lowest BCUT2D eigenvalue weighted by Gasteiger charge is -2.24. The van der Waals surface area contributed by atoms with Gasteiger partial charge in [0.05, 0.1) is 23.6 Å². The number of fused-ring (bicyclic) bond motifs is 1. The summed E-state index contributed by atoms with van der Waals surface area (Å²) >= 11 is 0. The van der Waals surface area contributed by atoms with Gasteiger partial charge in [0, 0.05) is 12.2 Å².